The number of fused-ring (bicyclic) bond motifs is 2. The number of carbonyl (C=O) groups is 2. The number of carboxylic acid groups (broad SMARTS) is 1. The van der Waals surface area contributed by atoms with E-state index in [0.717, 1.165) is 74.8 Å². The SMILES string of the molecule is CCCCC.CCN(CC)C(=O)/C=C/CN(C)C.CN(C)C/C=C/C(=O)O.Nc1ncnc2c(=O)n(-c3c(O)cccc3F)c(C(F)(F)F)cc12.Nc1ncnc2c(=O)n(-c3c(O)cccc3F)c(C(F)(F)F)cc12. The first kappa shape index (κ1) is 63.1. The first-order chi connectivity index (χ1) is 35.1. The molecule has 408 valence electrons. The van der Waals surface area contributed by atoms with E-state index in [0.29, 0.717) is 18.7 Å². The predicted molar refractivity (Wildman–Crippen MR) is 268 cm³/mol. The lowest BCUT2D eigenvalue weighted by molar-refractivity contribution is -0.143. The zero-order chi connectivity index (χ0) is 57.0. The van der Waals surface area contributed by atoms with Crippen LogP contribution in [0.5, 0.6) is 11.5 Å². The molecule has 26 heteroatoms. The number of likely N-dealkylation sites (N-methyl/N-ethyl adjacent to an activating group) is 3. The van der Waals surface area contributed by atoms with Gasteiger partial charge in [-0.25, -0.2) is 33.5 Å². The van der Waals surface area contributed by atoms with Crippen LogP contribution in [0.1, 0.15) is 58.3 Å². The van der Waals surface area contributed by atoms with Crippen molar-refractivity contribution >= 4 is 45.3 Å². The maximum absolute atomic E-state index is 14.0. The Balaban J connectivity index is 0.000000353. The lowest BCUT2D eigenvalue weighted by Crippen LogP contribution is -2.28. The molecule has 75 heavy (non-hydrogen) atoms. The predicted octanol–water partition coefficient (Wildman–Crippen LogP) is 7.81. The van der Waals surface area contributed by atoms with E-state index >= 15 is 0 Å². The van der Waals surface area contributed by atoms with Crippen molar-refractivity contribution in [3.05, 3.63) is 129 Å². The number of anilines is 2. The molecule has 0 fully saturated rings. The quantitative estimate of drug-likeness (QED) is 0.0579. The highest BCUT2D eigenvalue weighted by atomic mass is 19.4. The average molecular weight is 1070 g/mol. The van der Waals surface area contributed by atoms with Crippen molar-refractivity contribution in [1.82, 2.24) is 43.8 Å². The smallest absolute Gasteiger partial charge is 0.431 e. The van der Waals surface area contributed by atoms with Crippen LogP contribution in [0, 0.1) is 11.6 Å². The molecule has 4 heterocycles. The number of carbonyl (C=O) groups excluding carboxylic acids is 1. The van der Waals surface area contributed by atoms with Crippen molar-refractivity contribution in [3.8, 4) is 22.9 Å². The van der Waals surface area contributed by atoms with Crippen LogP contribution in [0.3, 0.4) is 0 Å². The zero-order valence-corrected chi connectivity index (χ0v) is 42.2. The van der Waals surface area contributed by atoms with Gasteiger partial charge in [0.1, 0.15) is 69.6 Å². The number of aromatic hydroxyl groups is 2. The number of phenols is 2. The third-order valence-electron chi connectivity index (χ3n) is 9.89. The molecule has 0 aliphatic carbocycles. The van der Waals surface area contributed by atoms with Gasteiger partial charge in [0.05, 0.1) is 10.8 Å². The van der Waals surface area contributed by atoms with Gasteiger partial charge in [0.15, 0.2) is 11.6 Å². The monoisotopic (exact) mass is 1070 g/mol. The highest BCUT2D eigenvalue weighted by Crippen LogP contribution is 2.37. The maximum atomic E-state index is 14.0. The lowest BCUT2D eigenvalue weighted by Gasteiger charge is -2.17. The number of nitrogens with two attached hydrogens (primary N) is 2. The number of aromatic nitrogens is 6. The molecule has 6 rings (SSSR count). The number of hydrogen-bond acceptors (Lipinski definition) is 14. The molecular weight excluding hydrogens is 1010 g/mol. The van der Waals surface area contributed by atoms with Crippen LogP contribution in [0.25, 0.3) is 33.2 Å². The van der Waals surface area contributed by atoms with Gasteiger partial charge < -0.3 is 41.5 Å². The van der Waals surface area contributed by atoms with Crippen LogP contribution in [-0.4, -0.2) is 125 Å². The largest absolute Gasteiger partial charge is 0.506 e. The molecule has 0 unspecified atom stereocenters. The average Bonchev–Trinajstić information content (AvgIpc) is 3.31. The topological polar surface area (TPSA) is 252 Å². The number of benzene rings is 2. The van der Waals surface area contributed by atoms with Crippen molar-refractivity contribution in [1.29, 1.82) is 0 Å². The second kappa shape index (κ2) is 29.0. The summed E-state index contributed by atoms with van der Waals surface area (Å²) in [6, 6.07) is 6.82. The number of nitrogen functional groups attached to an aromatic ring is 2. The van der Waals surface area contributed by atoms with Crippen molar-refractivity contribution < 1.29 is 60.0 Å². The van der Waals surface area contributed by atoms with Crippen LogP contribution in [0.15, 0.2) is 95.1 Å². The Morgan fingerprint density at radius 2 is 1.01 bits per heavy atom. The summed E-state index contributed by atoms with van der Waals surface area (Å²) in [7, 11) is 7.72. The maximum Gasteiger partial charge on any atom is 0.431 e. The number of halogens is 8. The third-order valence-corrected chi connectivity index (χ3v) is 9.89. The number of unbranched alkanes of at least 4 members (excludes halogenated alkanes) is 2. The van der Waals surface area contributed by atoms with E-state index in [1.165, 1.54) is 19.3 Å². The van der Waals surface area contributed by atoms with Gasteiger partial charge in [-0.15, -0.1) is 0 Å². The number of phenolic OH excluding ortho intramolecular Hbond substituents is 2. The molecule has 7 N–H and O–H groups in total. The van der Waals surface area contributed by atoms with Gasteiger partial charge in [-0.3, -0.25) is 23.5 Å². The second-order valence-corrected chi connectivity index (χ2v) is 16.1. The number of nitrogens with zero attached hydrogens (tertiary/aromatic N) is 9. The normalized spacial score (nSPS) is 11.4. The lowest BCUT2D eigenvalue weighted by atomic mass is 10.2. The summed E-state index contributed by atoms with van der Waals surface area (Å²) in [6.45, 7) is 11.4. The molecule has 4 aromatic heterocycles. The number of carboxylic acids is 1. The first-order valence-corrected chi connectivity index (χ1v) is 22.7. The number of aliphatic carboxylic acids is 1. The molecule has 2 aromatic carbocycles. The summed E-state index contributed by atoms with van der Waals surface area (Å²) in [5.41, 5.74) is 2.69. The number of alkyl halides is 6. The van der Waals surface area contributed by atoms with E-state index in [-0.39, 0.29) is 37.4 Å². The Bertz CT molecular complexity index is 2840. The van der Waals surface area contributed by atoms with E-state index in [1.54, 1.807) is 17.1 Å². The molecule has 0 saturated carbocycles. The minimum Gasteiger partial charge on any atom is -0.506 e. The Morgan fingerprint density at radius 3 is 1.31 bits per heavy atom. The molecule has 0 bridgehead atoms. The summed E-state index contributed by atoms with van der Waals surface area (Å²) < 4.78 is 108. The van der Waals surface area contributed by atoms with Crippen LogP contribution in [0.4, 0.5) is 46.8 Å². The molecule has 0 saturated heterocycles. The zero-order valence-electron chi connectivity index (χ0n) is 42.2. The summed E-state index contributed by atoms with van der Waals surface area (Å²) in [4.78, 5) is 66.3. The van der Waals surface area contributed by atoms with Gasteiger partial charge in [-0.1, -0.05) is 57.4 Å². The second-order valence-electron chi connectivity index (χ2n) is 16.1. The highest BCUT2D eigenvalue weighted by Gasteiger charge is 2.38. The van der Waals surface area contributed by atoms with Gasteiger partial charge >= 0.3 is 18.3 Å². The summed E-state index contributed by atoms with van der Waals surface area (Å²) >= 11 is 0. The van der Waals surface area contributed by atoms with Crippen LogP contribution >= 0.6 is 0 Å². The van der Waals surface area contributed by atoms with E-state index < -0.39 is 86.4 Å². The van der Waals surface area contributed by atoms with Gasteiger partial charge in [0.25, 0.3) is 11.1 Å². The van der Waals surface area contributed by atoms with Crippen LogP contribution in [0.2, 0.25) is 0 Å². The molecule has 0 atom stereocenters. The fraction of sp³-hybridized carbons (Fsp3) is 0.347. The Kier molecular flexibility index (Phi) is 24.4. The summed E-state index contributed by atoms with van der Waals surface area (Å²) in [5, 5.41) is 27.0. The van der Waals surface area contributed by atoms with Crippen LogP contribution in [-0.2, 0) is 21.9 Å². The number of hydrogen-bond donors (Lipinski definition) is 5. The van der Waals surface area contributed by atoms with Crippen molar-refractivity contribution in [3.63, 3.8) is 0 Å². The fourth-order valence-electron chi connectivity index (χ4n) is 6.31. The van der Waals surface area contributed by atoms with Crippen LogP contribution < -0.4 is 22.6 Å². The summed E-state index contributed by atoms with van der Waals surface area (Å²) in [5.74, 6) is -5.51. The first-order valence-electron chi connectivity index (χ1n) is 22.7. The molecule has 6 aromatic rings. The van der Waals surface area contributed by atoms with Gasteiger partial charge in [-0.05, 0) is 78.4 Å². The molecule has 0 aliphatic rings. The molecule has 0 spiro atoms. The van der Waals surface area contributed by atoms with E-state index in [1.807, 2.05) is 57.9 Å². The van der Waals surface area contributed by atoms with Gasteiger partial charge in [-0.2, -0.15) is 26.3 Å². The highest BCUT2D eigenvalue weighted by molar-refractivity contribution is 5.89. The number of amides is 1. The Morgan fingerprint density at radius 1 is 0.640 bits per heavy atom. The van der Waals surface area contributed by atoms with Crippen molar-refractivity contribution in [2.24, 2.45) is 0 Å². The molecule has 0 radical (unpaired) electrons. The molecule has 18 nitrogen and oxygen atoms in total. The third kappa shape index (κ3) is 18.2. The van der Waals surface area contributed by atoms with E-state index in [9.17, 15) is 64.5 Å². The Labute approximate surface area is 425 Å². The number of pyridine rings is 2. The van der Waals surface area contributed by atoms with E-state index in [2.05, 4.69) is 33.8 Å². The van der Waals surface area contributed by atoms with Crippen molar-refractivity contribution in [2.45, 2.75) is 59.3 Å². The standard InChI is InChI=1S/2C14H8F4N4O2.C10H20N2O.C6H11NO2.C5H12/c2*15-7-2-1-3-8(23)11(7)22-9(14(16,17)18)4-6-10(13(22)24)20-5-21-12(6)19;1-5-12(6-2)10(13)8-7-9-11(3)4;1-7(2)5-3-4-6(8)9;1-3-5-4-2/h2*1-5,23H,(H2,19,20,21);7-8H,5-6,9H2,1-4H3;3-4H,5H2,1-2H3,(H,8,9);3-5H2,1-2H3/b;;8-7+;4-3+;. The van der Waals surface area contributed by atoms with Gasteiger partial charge in [0, 0.05) is 38.3 Å². The van der Waals surface area contributed by atoms with E-state index in [4.69, 9.17) is 16.6 Å². The number of para-hydroxylation sites is 2. The fourth-order valence-corrected chi connectivity index (χ4v) is 6.31. The minimum absolute atomic E-state index is 0.0272. The minimum atomic E-state index is -5.02. The van der Waals surface area contributed by atoms with Gasteiger partial charge in [0.2, 0.25) is 5.91 Å². The molecule has 1 amide bonds. The number of rotatable bonds is 12. The molecular formula is C49H59F8N11O7. The molecule has 0 aliphatic heterocycles. The van der Waals surface area contributed by atoms with Crippen molar-refractivity contribution in [2.75, 3.05) is 65.8 Å². The Hall–Kier alpha value is -8.00. The summed E-state index contributed by atoms with van der Waals surface area (Å²) in [6.07, 6.45) is 2.10.